The van der Waals surface area contributed by atoms with Gasteiger partial charge < -0.3 is 14.2 Å². The molecule has 1 atom stereocenters. The van der Waals surface area contributed by atoms with Gasteiger partial charge in [0.2, 0.25) is 11.2 Å². The molecule has 0 bridgehead atoms. The van der Waals surface area contributed by atoms with Crippen LogP contribution in [0.25, 0.3) is 0 Å². The van der Waals surface area contributed by atoms with Crippen molar-refractivity contribution in [3.63, 3.8) is 0 Å². The zero-order chi connectivity index (χ0) is 19.7. The summed E-state index contributed by atoms with van der Waals surface area (Å²) in [6.45, 7) is 3.79. The number of carbonyl (C=O) groups is 1. The highest BCUT2D eigenvalue weighted by Gasteiger charge is 2.43. The molecule has 1 fully saturated rings. The van der Waals surface area contributed by atoms with E-state index in [1.165, 1.54) is 32.3 Å². The molecule has 1 heterocycles. The van der Waals surface area contributed by atoms with E-state index in [2.05, 4.69) is 6.58 Å². The Morgan fingerprint density at radius 1 is 1.00 bits per heavy atom. The zero-order valence-electron chi connectivity index (χ0n) is 15.1. The van der Waals surface area contributed by atoms with Gasteiger partial charge in [-0.2, -0.15) is 0 Å². The molecule has 0 unspecified atom stereocenters. The predicted octanol–water partition coefficient (Wildman–Crippen LogP) is 2.86. The van der Waals surface area contributed by atoms with Gasteiger partial charge in [0.05, 0.1) is 33.1 Å². The van der Waals surface area contributed by atoms with E-state index in [1.807, 2.05) is 0 Å². The van der Waals surface area contributed by atoms with E-state index in [-0.39, 0.29) is 5.91 Å². The molecule has 1 aliphatic heterocycles. The molecule has 0 aromatic heterocycles. The minimum atomic E-state index is -0.896. The molecule has 1 amide bonds. The van der Waals surface area contributed by atoms with Crippen LogP contribution in [0.5, 0.6) is 17.2 Å². The third-order valence-electron chi connectivity index (χ3n) is 4.39. The summed E-state index contributed by atoms with van der Waals surface area (Å²) in [7, 11) is 4.42. The van der Waals surface area contributed by atoms with E-state index < -0.39 is 17.3 Å². The fourth-order valence-electron chi connectivity index (χ4n) is 3.06. The van der Waals surface area contributed by atoms with Crippen LogP contribution in [-0.4, -0.2) is 27.2 Å². The molecule has 0 aliphatic carbocycles. The maximum Gasteiger partial charge on any atom is 0.256 e. The number of nitrogens with zero attached hydrogens (tertiary/aromatic N) is 1. The molecule has 0 saturated carbocycles. The van der Waals surface area contributed by atoms with Crippen LogP contribution < -0.4 is 24.5 Å². The highest BCUT2D eigenvalue weighted by molar-refractivity contribution is 6.15. The second kappa shape index (κ2) is 7.11. The van der Waals surface area contributed by atoms with Gasteiger partial charge >= 0.3 is 0 Å². The Morgan fingerprint density at radius 2 is 1.63 bits per heavy atom. The second-order valence-corrected chi connectivity index (χ2v) is 5.87. The van der Waals surface area contributed by atoms with E-state index in [9.17, 15) is 14.0 Å². The van der Waals surface area contributed by atoms with E-state index in [0.717, 1.165) is 12.1 Å². The number of rotatable bonds is 5. The Kier molecular flexibility index (Phi) is 4.85. The van der Waals surface area contributed by atoms with Crippen LogP contribution in [0.4, 0.5) is 10.1 Å². The van der Waals surface area contributed by atoms with Crippen molar-refractivity contribution >= 4 is 11.6 Å². The molecular weight excluding hydrogens is 353 g/mol. The number of halogens is 1. The van der Waals surface area contributed by atoms with Crippen LogP contribution in [0.3, 0.4) is 0 Å². The number of anilines is 1. The monoisotopic (exact) mass is 371 g/mol. The largest absolute Gasteiger partial charge is 0.493 e. The van der Waals surface area contributed by atoms with Gasteiger partial charge in [0.15, 0.2) is 17.3 Å². The number of hydrogen-bond donors (Lipinski definition) is 0. The quantitative estimate of drug-likeness (QED) is 0.597. The van der Waals surface area contributed by atoms with Gasteiger partial charge in [-0.05, 0) is 17.7 Å². The Balaban J connectivity index is 2.12. The fraction of sp³-hybridized carbons (Fsp3) is 0.200. The molecule has 27 heavy (non-hydrogen) atoms. The molecule has 0 radical (unpaired) electrons. The zero-order valence-corrected chi connectivity index (χ0v) is 15.1. The standard InChI is InChI=1S/C20H18FNO5/c1-11-18(12-6-5-7-15(23)14(21)8-12)22(20(11)24)13-9-16(25-2)19(27-4)17(10-13)26-3/h5-10,18H,1H2,2-4H3/t18-/m1/s1. The minimum Gasteiger partial charge on any atom is -0.493 e. The SMILES string of the molecule is C=C1C(=O)N(c2cc(OC)c(OC)c(OC)c2)[C@H]1c1cccc(=O)c(F)c1. The molecule has 0 spiro atoms. The van der Waals surface area contributed by atoms with Gasteiger partial charge in [-0.15, -0.1) is 0 Å². The topological polar surface area (TPSA) is 65.1 Å². The molecule has 0 N–H and O–H groups in total. The Morgan fingerprint density at radius 3 is 2.19 bits per heavy atom. The Bertz CT molecular complexity index is 963. The Hall–Kier alpha value is -3.35. The molecular formula is C20H18FNO5. The van der Waals surface area contributed by atoms with Crippen molar-refractivity contribution < 1.29 is 23.4 Å². The maximum absolute atomic E-state index is 13.9. The number of β-lactam (4-membered cyclic amide) rings is 1. The highest BCUT2D eigenvalue weighted by atomic mass is 19.1. The molecule has 140 valence electrons. The Labute approximate surface area is 155 Å². The summed E-state index contributed by atoms with van der Waals surface area (Å²) in [6, 6.07) is 7.92. The second-order valence-electron chi connectivity index (χ2n) is 5.87. The van der Waals surface area contributed by atoms with E-state index in [4.69, 9.17) is 14.2 Å². The first-order valence-electron chi connectivity index (χ1n) is 8.05. The van der Waals surface area contributed by atoms with Crippen LogP contribution in [0.2, 0.25) is 0 Å². The van der Waals surface area contributed by atoms with Crippen molar-refractivity contribution in [2.75, 3.05) is 26.2 Å². The lowest BCUT2D eigenvalue weighted by atomic mass is 9.89. The van der Waals surface area contributed by atoms with Crippen LogP contribution in [-0.2, 0) is 4.79 Å². The van der Waals surface area contributed by atoms with Gasteiger partial charge in [-0.1, -0.05) is 18.7 Å². The van der Waals surface area contributed by atoms with Crippen molar-refractivity contribution in [1.29, 1.82) is 0 Å². The van der Waals surface area contributed by atoms with E-state index >= 15 is 0 Å². The van der Waals surface area contributed by atoms with Crippen LogP contribution in [0, 0.1) is 5.82 Å². The summed E-state index contributed by atoms with van der Waals surface area (Å²) in [4.78, 5) is 25.4. The number of amides is 1. The van der Waals surface area contributed by atoms with Gasteiger partial charge in [-0.3, -0.25) is 14.5 Å². The number of carbonyl (C=O) groups excluding carboxylic acids is 1. The maximum atomic E-state index is 13.9. The highest BCUT2D eigenvalue weighted by Crippen LogP contribution is 2.47. The van der Waals surface area contributed by atoms with Crippen molar-refractivity contribution in [3.8, 4) is 17.2 Å². The molecule has 3 rings (SSSR count). The number of ether oxygens (including phenoxy) is 3. The van der Waals surface area contributed by atoms with Crippen LogP contribution in [0.15, 0.2) is 53.3 Å². The van der Waals surface area contributed by atoms with Gasteiger partial charge in [0, 0.05) is 17.7 Å². The first-order valence-corrected chi connectivity index (χ1v) is 8.05. The van der Waals surface area contributed by atoms with Crippen molar-refractivity contribution in [2.24, 2.45) is 0 Å². The normalized spacial score (nSPS) is 16.0. The summed E-state index contributed by atoms with van der Waals surface area (Å²) < 4.78 is 29.9. The molecule has 6 nitrogen and oxygen atoms in total. The molecule has 2 aromatic carbocycles. The van der Waals surface area contributed by atoms with Gasteiger partial charge in [0.1, 0.15) is 0 Å². The minimum absolute atomic E-state index is 0.293. The van der Waals surface area contributed by atoms with Crippen molar-refractivity contribution in [3.05, 3.63) is 70.2 Å². The smallest absolute Gasteiger partial charge is 0.256 e. The van der Waals surface area contributed by atoms with E-state index in [1.54, 1.807) is 18.2 Å². The summed E-state index contributed by atoms with van der Waals surface area (Å²) >= 11 is 0. The first-order chi connectivity index (χ1) is 12.9. The van der Waals surface area contributed by atoms with Crippen LogP contribution in [0.1, 0.15) is 11.6 Å². The van der Waals surface area contributed by atoms with Crippen molar-refractivity contribution in [1.82, 2.24) is 0 Å². The van der Waals surface area contributed by atoms with Crippen molar-refractivity contribution in [2.45, 2.75) is 6.04 Å². The number of hydrogen-bond acceptors (Lipinski definition) is 5. The average molecular weight is 371 g/mol. The number of methoxy groups -OCH3 is 3. The van der Waals surface area contributed by atoms with Gasteiger partial charge in [0.25, 0.3) is 5.91 Å². The molecule has 1 saturated heterocycles. The summed E-state index contributed by atoms with van der Waals surface area (Å²) in [6.07, 6.45) is 0. The summed E-state index contributed by atoms with van der Waals surface area (Å²) in [5.41, 5.74) is 0.479. The molecule has 2 aromatic rings. The number of benzene rings is 1. The lowest BCUT2D eigenvalue weighted by Gasteiger charge is -2.42. The van der Waals surface area contributed by atoms with Crippen LogP contribution >= 0.6 is 0 Å². The molecule has 1 aliphatic rings. The van der Waals surface area contributed by atoms with Gasteiger partial charge in [-0.25, -0.2) is 4.39 Å². The third kappa shape index (κ3) is 3.01. The first kappa shape index (κ1) is 18.4. The van der Waals surface area contributed by atoms with E-state index in [0.29, 0.717) is 34.1 Å². The lowest BCUT2D eigenvalue weighted by molar-refractivity contribution is -0.118. The third-order valence-corrected chi connectivity index (χ3v) is 4.39. The average Bonchev–Trinajstić information content (AvgIpc) is 2.84. The summed E-state index contributed by atoms with van der Waals surface area (Å²) in [5.74, 6) is -0.0686. The molecule has 7 heteroatoms. The fourth-order valence-corrected chi connectivity index (χ4v) is 3.06. The lowest BCUT2D eigenvalue weighted by Crippen LogP contribution is -2.48. The predicted molar refractivity (Wildman–Crippen MR) is 98.1 cm³/mol. The summed E-state index contributed by atoms with van der Waals surface area (Å²) in [5, 5.41) is 0.